The van der Waals surface area contributed by atoms with Crippen molar-refractivity contribution in [3.63, 3.8) is 0 Å². The third-order valence-electron chi connectivity index (χ3n) is 5.16. The van der Waals surface area contributed by atoms with Gasteiger partial charge in [0, 0.05) is 0 Å². The first kappa shape index (κ1) is 23.1. The summed E-state index contributed by atoms with van der Waals surface area (Å²) >= 11 is 26.1. The SMILES string of the molecule is COC(=O)C1C(C(=O)OC)C2(Cl)C(Cl)=C(Cl)C1(Cl)C(C(=O)OC)C2C(=O)OC. The monoisotopic (exact) mass is 476 g/mol. The first-order valence-corrected chi connectivity index (χ1v) is 9.26. The van der Waals surface area contributed by atoms with Gasteiger partial charge in [-0.15, -0.1) is 23.2 Å². The molecule has 1 saturated carbocycles. The summed E-state index contributed by atoms with van der Waals surface area (Å²) in [6, 6.07) is 0. The molecule has 156 valence electrons. The molecule has 2 bridgehead atoms. The quantitative estimate of drug-likeness (QED) is 0.343. The van der Waals surface area contributed by atoms with Gasteiger partial charge in [-0.1, -0.05) is 23.2 Å². The van der Waals surface area contributed by atoms with Crippen molar-refractivity contribution in [1.29, 1.82) is 0 Å². The summed E-state index contributed by atoms with van der Waals surface area (Å²) in [4.78, 5) is 46.1. The molecule has 0 aliphatic heterocycles. The molecule has 3 aliphatic carbocycles. The maximum atomic E-state index is 12.6. The number of carbonyl (C=O) groups is 4. The lowest BCUT2D eigenvalue weighted by atomic mass is 9.51. The first-order chi connectivity index (χ1) is 13.0. The van der Waals surface area contributed by atoms with Gasteiger partial charge in [-0.05, 0) is 0 Å². The van der Waals surface area contributed by atoms with Crippen LogP contribution in [0.1, 0.15) is 0 Å². The van der Waals surface area contributed by atoms with Crippen molar-refractivity contribution in [3.05, 3.63) is 10.1 Å². The molecule has 28 heavy (non-hydrogen) atoms. The van der Waals surface area contributed by atoms with E-state index in [2.05, 4.69) is 0 Å². The van der Waals surface area contributed by atoms with Crippen LogP contribution in [0.2, 0.25) is 0 Å². The molecule has 4 atom stereocenters. The molecule has 0 N–H and O–H groups in total. The van der Waals surface area contributed by atoms with Crippen LogP contribution in [0.5, 0.6) is 0 Å². The molecule has 4 unspecified atom stereocenters. The summed E-state index contributed by atoms with van der Waals surface area (Å²) in [6.45, 7) is 0. The average molecular weight is 478 g/mol. The van der Waals surface area contributed by atoms with Gasteiger partial charge in [-0.3, -0.25) is 19.2 Å². The van der Waals surface area contributed by atoms with Crippen LogP contribution in [0.25, 0.3) is 0 Å². The van der Waals surface area contributed by atoms with Crippen molar-refractivity contribution in [2.75, 3.05) is 28.4 Å². The van der Waals surface area contributed by atoms with E-state index >= 15 is 0 Å². The van der Waals surface area contributed by atoms with Crippen LogP contribution in [0.3, 0.4) is 0 Å². The maximum Gasteiger partial charge on any atom is 0.311 e. The maximum absolute atomic E-state index is 12.6. The molecule has 0 radical (unpaired) electrons. The fourth-order valence-electron chi connectivity index (χ4n) is 3.98. The third-order valence-corrected chi connectivity index (χ3v) is 7.78. The predicted molar refractivity (Wildman–Crippen MR) is 97.9 cm³/mol. The van der Waals surface area contributed by atoms with Crippen LogP contribution in [-0.2, 0) is 38.1 Å². The Bertz CT molecular complexity index is 658. The van der Waals surface area contributed by atoms with E-state index in [1.165, 1.54) is 0 Å². The van der Waals surface area contributed by atoms with Gasteiger partial charge in [0.05, 0.1) is 62.2 Å². The molecule has 3 aliphatic rings. The zero-order valence-electron chi connectivity index (χ0n) is 15.1. The molecule has 0 heterocycles. The van der Waals surface area contributed by atoms with Crippen molar-refractivity contribution in [2.45, 2.75) is 9.75 Å². The molecule has 12 heteroatoms. The van der Waals surface area contributed by atoms with E-state index in [0.29, 0.717) is 0 Å². The summed E-state index contributed by atoms with van der Waals surface area (Å²) in [5.74, 6) is -10.4. The highest BCUT2D eigenvalue weighted by Crippen LogP contribution is 2.68. The number of hydrogen-bond acceptors (Lipinski definition) is 8. The summed E-state index contributed by atoms with van der Waals surface area (Å²) in [5, 5.41) is -0.756. The number of carbonyl (C=O) groups excluding carboxylic acids is 4. The Hall–Kier alpha value is -1.22. The number of ether oxygens (including phenoxy) is 4. The van der Waals surface area contributed by atoms with E-state index in [-0.39, 0.29) is 10.1 Å². The van der Waals surface area contributed by atoms with Crippen LogP contribution in [-0.4, -0.2) is 62.1 Å². The predicted octanol–water partition coefficient (Wildman–Crippen LogP) is 1.81. The van der Waals surface area contributed by atoms with Gasteiger partial charge in [0.1, 0.15) is 9.75 Å². The Labute approximate surface area is 180 Å². The van der Waals surface area contributed by atoms with Crippen molar-refractivity contribution in [3.8, 4) is 0 Å². The van der Waals surface area contributed by atoms with E-state index in [0.717, 1.165) is 28.4 Å². The average Bonchev–Trinajstić information content (AvgIpc) is 2.69. The number of methoxy groups -OCH3 is 4. The number of fused-ring (bicyclic) bond motifs is 2. The molecular formula is C16H16Cl4O8. The normalized spacial score (nSPS) is 36.6. The van der Waals surface area contributed by atoms with Crippen LogP contribution in [0.15, 0.2) is 10.1 Å². The number of hydrogen-bond donors (Lipinski definition) is 0. The Morgan fingerprint density at radius 3 is 0.929 bits per heavy atom. The zero-order chi connectivity index (χ0) is 21.6. The van der Waals surface area contributed by atoms with E-state index < -0.39 is 57.3 Å². The number of alkyl halides is 2. The Kier molecular flexibility index (Phi) is 6.50. The summed E-state index contributed by atoms with van der Waals surface area (Å²) in [7, 11) is 4.18. The van der Waals surface area contributed by atoms with Crippen LogP contribution in [0.4, 0.5) is 0 Å². The van der Waals surface area contributed by atoms with Gasteiger partial charge in [-0.25, -0.2) is 0 Å². The molecule has 0 saturated heterocycles. The number of esters is 4. The minimum absolute atomic E-state index is 0.378. The van der Waals surface area contributed by atoms with Crippen molar-refractivity contribution < 1.29 is 38.1 Å². The number of rotatable bonds is 4. The van der Waals surface area contributed by atoms with Gasteiger partial charge >= 0.3 is 23.9 Å². The van der Waals surface area contributed by atoms with E-state index in [1.54, 1.807) is 0 Å². The second kappa shape index (κ2) is 7.89. The highest BCUT2D eigenvalue weighted by molar-refractivity contribution is 6.51. The molecule has 0 aromatic carbocycles. The van der Waals surface area contributed by atoms with E-state index in [4.69, 9.17) is 65.4 Å². The van der Waals surface area contributed by atoms with Gasteiger partial charge in [-0.2, -0.15) is 0 Å². The Morgan fingerprint density at radius 1 is 0.607 bits per heavy atom. The molecule has 0 aromatic heterocycles. The van der Waals surface area contributed by atoms with E-state index in [9.17, 15) is 19.2 Å². The summed E-state index contributed by atoms with van der Waals surface area (Å²) in [5.41, 5.74) is 0. The lowest BCUT2D eigenvalue weighted by molar-refractivity contribution is -0.178. The minimum atomic E-state index is -2.17. The van der Waals surface area contributed by atoms with Crippen LogP contribution < -0.4 is 0 Å². The molecule has 8 nitrogen and oxygen atoms in total. The lowest BCUT2D eigenvalue weighted by Gasteiger charge is -2.59. The third kappa shape index (κ3) is 2.80. The number of halogens is 4. The zero-order valence-corrected chi connectivity index (χ0v) is 18.1. The second-order valence-corrected chi connectivity index (χ2v) is 8.17. The minimum Gasteiger partial charge on any atom is -0.469 e. The molecule has 3 rings (SSSR count). The Balaban J connectivity index is 2.97. The molecule has 0 spiro atoms. The van der Waals surface area contributed by atoms with Crippen molar-refractivity contribution in [1.82, 2.24) is 0 Å². The van der Waals surface area contributed by atoms with Gasteiger partial charge in [0.2, 0.25) is 0 Å². The molecule has 0 aromatic rings. The Morgan fingerprint density at radius 2 is 0.786 bits per heavy atom. The number of allylic oxidation sites excluding steroid dienone is 2. The fraction of sp³-hybridized carbons (Fsp3) is 0.625. The lowest BCUT2D eigenvalue weighted by Crippen LogP contribution is -2.73. The molecular weight excluding hydrogens is 462 g/mol. The highest BCUT2D eigenvalue weighted by atomic mass is 35.5. The smallest absolute Gasteiger partial charge is 0.311 e. The van der Waals surface area contributed by atoms with Crippen molar-refractivity contribution >= 4 is 70.3 Å². The van der Waals surface area contributed by atoms with Gasteiger partial charge in [0.15, 0.2) is 0 Å². The van der Waals surface area contributed by atoms with Crippen LogP contribution >= 0.6 is 46.4 Å². The fourth-order valence-corrected chi connectivity index (χ4v) is 5.91. The van der Waals surface area contributed by atoms with Gasteiger partial charge < -0.3 is 18.9 Å². The molecule has 1 fully saturated rings. The summed E-state index contributed by atoms with van der Waals surface area (Å²) in [6.07, 6.45) is 0. The van der Waals surface area contributed by atoms with E-state index in [1.807, 2.05) is 0 Å². The topological polar surface area (TPSA) is 105 Å². The van der Waals surface area contributed by atoms with Crippen molar-refractivity contribution in [2.24, 2.45) is 23.7 Å². The standard InChI is InChI=1S/C16H16Cl4O8/c1-25-11(21)5-6(12(22)26-2)16(20)8(14(24)28-4)7(13(23)27-3)15(5,19)9(17)10(16)18/h5-8H,1-4H3. The first-order valence-electron chi connectivity index (χ1n) is 7.75. The van der Waals surface area contributed by atoms with Crippen LogP contribution in [0, 0.1) is 23.7 Å². The largest absolute Gasteiger partial charge is 0.469 e. The summed E-state index contributed by atoms with van der Waals surface area (Å²) < 4.78 is 19.0. The highest BCUT2D eigenvalue weighted by Gasteiger charge is 2.79. The van der Waals surface area contributed by atoms with Gasteiger partial charge in [0.25, 0.3) is 0 Å². The molecule has 0 amide bonds. The second-order valence-electron chi connectivity index (χ2n) is 6.17.